The Balaban J connectivity index is 1.67. The molecule has 1 heterocycles. The van der Waals surface area contributed by atoms with Gasteiger partial charge in [-0.1, -0.05) is 49.1 Å². The highest BCUT2D eigenvalue weighted by Gasteiger charge is 2.38. The molecule has 2 aliphatic rings. The van der Waals surface area contributed by atoms with Crippen LogP contribution in [0, 0.1) is 6.92 Å². The average molecular weight is 345 g/mol. The molecule has 0 radical (unpaired) electrons. The summed E-state index contributed by atoms with van der Waals surface area (Å²) in [6.45, 7) is 2.68. The number of carbonyl (C=O) groups excluding carboxylic acids is 1. The van der Waals surface area contributed by atoms with E-state index >= 15 is 0 Å². The van der Waals surface area contributed by atoms with Gasteiger partial charge in [0.15, 0.2) is 6.10 Å². The van der Waals surface area contributed by atoms with Gasteiger partial charge in [0.25, 0.3) is 0 Å². The Morgan fingerprint density at radius 3 is 2.56 bits per heavy atom. The predicted molar refractivity (Wildman–Crippen MR) is 94.5 cm³/mol. The Bertz CT molecular complexity index is 636. The smallest absolute Gasteiger partial charge is 0.332 e. The molecule has 1 aromatic rings. The van der Waals surface area contributed by atoms with Gasteiger partial charge in [0.2, 0.25) is 5.91 Å². The van der Waals surface area contributed by atoms with E-state index in [0.717, 1.165) is 12.8 Å². The Kier molecular flexibility index (Phi) is 5.42. The normalized spacial score (nSPS) is 25.5. The summed E-state index contributed by atoms with van der Waals surface area (Å²) >= 11 is 0. The molecule has 136 valence electrons. The van der Waals surface area contributed by atoms with Crippen molar-refractivity contribution in [1.29, 1.82) is 0 Å². The molecule has 2 atom stereocenters. The van der Waals surface area contributed by atoms with Gasteiger partial charge < -0.3 is 15.2 Å². The molecule has 2 fully saturated rings. The Morgan fingerprint density at radius 2 is 1.92 bits per heavy atom. The molecule has 1 saturated carbocycles. The van der Waals surface area contributed by atoms with Crippen LogP contribution in [0.4, 0.5) is 0 Å². The number of hydrogen-bond donors (Lipinski definition) is 2. The zero-order chi connectivity index (χ0) is 17.9. The van der Waals surface area contributed by atoms with Crippen LogP contribution in [0.25, 0.3) is 0 Å². The fraction of sp³-hybridized carbons (Fsp3) is 0.600. The molecule has 0 unspecified atom stereocenters. The lowest BCUT2D eigenvalue weighted by Gasteiger charge is -2.38. The van der Waals surface area contributed by atoms with Gasteiger partial charge in [-0.25, -0.2) is 4.79 Å². The van der Waals surface area contributed by atoms with Crippen molar-refractivity contribution in [3.05, 3.63) is 35.4 Å². The molecule has 25 heavy (non-hydrogen) atoms. The van der Waals surface area contributed by atoms with Crippen molar-refractivity contribution in [2.24, 2.45) is 0 Å². The minimum absolute atomic E-state index is 0.0231. The van der Waals surface area contributed by atoms with Crippen molar-refractivity contribution in [3.63, 3.8) is 0 Å². The van der Waals surface area contributed by atoms with E-state index in [9.17, 15) is 9.59 Å². The average Bonchev–Trinajstić information content (AvgIpc) is 3.11. The van der Waals surface area contributed by atoms with E-state index < -0.39 is 18.2 Å². The summed E-state index contributed by atoms with van der Waals surface area (Å²) in [5, 5.41) is 12.1. The molecule has 1 amide bonds. The number of carbonyl (C=O) groups is 2. The fourth-order valence-corrected chi connectivity index (χ4v) is 4.15. The first kappa shape index (κ1) is 17.9. The number of amides is 1. The predicted octanol–water partition coefficient (Wildman–Crippen LogP) is 2.95. The molecular weight excluding hydrogens is 318 g/mol. The van der Waals surface area contributed by atoms with E-state index in [1.54, 1.807) is 0 Å². The minimum Gasteiger partial charge on any atom is -0.479 e. The van der Waals surface area contributed by atoms with Crippen molar-refractivity contribution in [2.45, 2.75) is 69.5 Å². The number of nitrogens with one attached hydrogen (secondary N) is 1. The van der Waals surface area contributed by atoms with Gasteiger partial charge in [-0.05, 0) is 38.2 Å². The number of carboxylic acids is 1. The quantitative estimate of drug-likeness (QED) is 0.860. The van der Waals surface area contributed by atoms with Gasteiger partial charge in [0.1, 0.15) is 6.10 Å². The Hall–Kier alpha value is -1.88. The van der Waals surface area contributed by atoms with Gasteiger partial charge in [-0.2, -0.15) is 0 Å². The van der Waals surface area contributed by atoms with Gasteiger partial charge in [-0.15, -0.1) is 0 Å². The number of benzene rings is 1. The lowest BCUT2D eigenvalue weighted by molar-refractivity contribution is -0.151. The first-order valence-corrected chi connectivity index (χ1v) is 9.23. The molecule has 2 N–H and O–H groups in total. The third kappa shape index (κ3) is 4.03. The SMILES string of the molecule is Cc1cccc(C2(CNC(=O)[C@@H]3CC[C@H](C(=O)O)O3)CCCCC2)c1. The monoisotopic (exact) mass is 345 g/mol. The summed E-state index contributed by atoms with van der Waals surface area (Å²) in [6.07, 6.45) is 5.11. The summed E-state index contributed by atoms with van der Waals surface area (Å²) in [7, 11) is 0. The Labute approximate surface area is 148 Å². The van der Waals surface area contributed by atoms with E-state index in [1.807, 2.05) is 0 Å². The number of hydrogen-bond acceptors (Lipinski definition) is 3. The molecule has 5 heteroatoms. The van der Waals surface area contributed by atoms with Crippen LogP contribution < -0.4 is 5.32 Å². The second-order valence-electron chi connectivity index (χ2n) is 7.46. The topological polar surface area (TPSA) is 75.6 Å². The highest BCUT2D eigenvalue weighted by Crippen LogP contribution is 2.39. The second-order valence-corrected chi connectivity index (χ2v) is 7.46. The maximum atomic E-state index is 12.5. The standard InChI is InChI=1S/C20H27NO4/c1-14-6-5-7-15(12-14)20(10-3-2-4-11-20)13-21-18(22)16-8-9-17(25-16)19(23)24/h5-7,12,16-17H,2-4,8-11,13H2,1H3,(H,21,22)(H,23,24)/t16-,17+/m0/s1. The number of ether oxygens (including phenoxy) is 1. The van der Waals surface area contributed by atoms with Crippen molar-refractivity contribution in [2.75, 3.05) is 6.54 Å². The highest BCUT2D eigenvalue weighted by atomic mass is 16.5. The van der Waals surface area contributed by atoms with Gasteiger partial charge >= 0.3 is 5.97 Å². The molecule has 5 nitrogen and oxygen atoms in total. The zero-order valence-corrected chi connectivity index (χ0v) is 14.8. The summed E-state index contributed by atoms with van der Waals surface area (Å²) in [6, 6.07) is 8.57. The molecule has 0 bridgehead atoms. The minimum atomic E-state index is -0.987. The first-order valence-electron chi connectivity index (χ1n) is 9.23. The molecule has 1 saturated heterocycles. The molecule has 1 aromatic carbocycles. The summed E-state index contributed by atoms with van der Waals surface area (Å²) in [5.41, 5.74) is 2.51. The zero-order valence-electron chi connectivity index (χ0n) is 14.8. The summed E-state index contributed by atoms with van der Waals surface area (Å²) in [4.78, 5) is 23.5. The van der Waals surface area contributed by atoms with Crippen molar-refractivity contribution in [3.8, 4) is 0 Å². The number of rotatable bonds is 5. The van der Waals surface area contributed by atoms with Crippen LogP contribution in [0.15, 0.2) is 24.3 Å². The molecule has 1 aliphatic carbocycles. The summed E-state index contributed by atoms with van der Waals surface area (Å²) < 4.78 is 5.37. The number of aryl methyl sites for hydroxylation is 1. The third-order valence-corrected chi connectivity index (χ3v) is 5.63. The molecule has 0 aromatic heterocycles. The van der Waals surface area contributed by atoms with Gasteiger partial charge in [-0.3, -0.25) is 4.79 Å². The lowest BCUT2D eigenvalue weighted by Crippen LogP contribution is -2.45. The second kappa shape index (κ2) is 7.56. The van der Waals surface area contributed by atoms with E-state index in [-0.39, 0.29) is 11.3 Å². The maximum Gasteiger partial charge on any atom is 0.332 e. The van der Waals surface area contributed by atoms with Gasteiger partial charge in [0.05, 0.1) is 0 Å². The molecular formula is C20H27NO4. The van der Waals surface area contributed by atoms with Crippen LogP contribution >= 0.6 is 0 Å². The van der Waals surface area contributed by atoms with Crippen molar-refractivity contribution in [1.82, 2.24) is 5.32 Å². The van der Waals surface area contributed by atoms with Crippen LogP contribution in [-0.4, -0.2) is 35.7 Å². The lowest BCUT2D eigenvalue weighted by atomic mass is 9.69. The number of carboxylic acid groups (broad SMARTS) is 1. The third-order valence-electron chi connectivity index (χ3n) is 5.63. The van der Waals surface area contributed by atoms with E-state index in [2.05, 4.69) is 36.5 Å². The largest absolute Gasteiger partial charge is 0.479 e. The van der Waals surface area contributed by atoms with Crippen LogP contribution in [-0.2, 0) is 19.7 Å². The van der Waals surface area contributed by atoms with Crippen LogP contribution in [0.5, 0.6) is 0 Å². The molecule has 0 spiro atoms. The summed E-state index contributed by atoms with van der Waals surface area (Å²) in [5.74, 6) is -1.17. The van der Waals surface area contributed by atoms with Gasteiger partial charge in [0, 0.05) is 12.0 Å². The van der Waals surface area contributed by atoms with E-state index in [4.69, 9.17) is 9.84 Å². The molecule has 1 aliphatic heterocycles. The van der Waals surface area contributed by atoms with E-state index in [0.29, 0.717) is 19.4 Å². The van der Waals surface area contributed by atoms with Crippen LogP contribution in [0.3, 0.4) is 0 Å². The maximum absolute atomic E-state index is 12.5. The Morgan fingerprint density at radius 1 is 1.20 bits per heavy atom. The van der Waals surface area contributed by atoms with Crippen molar-refractivity contribution < 1.29 is 19.4 Å². The van der Waals surface area contributed by atoms with Crippen molar-refractivity contribution >= 4 is 11.9 Å². The fourth-order valence-electron chi connectivity index (χ4n) is 4.15. The molecule has 3 rings (SSSR count). The first-order chi connectivity index (χ1) is 12.0. The van der Waals surface area contributed by atoms with Crippen LogP contribution in [0.2, 0.25) is 0 Å². The van der Waals surface area contributed by atoms with E-state index in [1.165, 1.54) is 30.4 Å². The number of aliphatic carboxylic acids is 1. The highest BCUT2D eigenvalue weighted by molar-refractivity contribution is 5.82. The van der Waals surface area contributed by atoms with Crippen LogP contribution in [0.1, 0.15) is 56.1 Å².